The van der Waals surface area contributed by atoms with Crippen LogP contribution in [0, 0.1) is 13.8 Å². The van der Waals surface area contributed by atoms with Crippen LogP contribution in [0.3, 0.4) is 0 Å². The maximum absolute atomic E-state index is 10.9. The van der Waals surface area contributed by atoms with Gasteiger partial charge in [0.2, 0.25) is 0 Å². The van der Waals surface area contributed by atoms with Gasteiger partial charge in [0.05, 0.1) is 0 Å². The Hall–Kier alpha value is -1.55. The largest absolute Gasteiger partial charge is 0.507 e. The lowest BCUT2D eigenvalue weighted by Gasteiger charge is -2.25. The molecule has 0 heterocycles. The summed E-state index contributed by atoms with van der Waals surface area (Å²) in [6.45, 7) is 3.88. The maximum atomic E-state index is 10.9. The van der Waals surface area contributed by atoms with Crippen LogP contribution in [0.2, 0.25) is 0 Å². The van der Waals surface area contributed by atoms with Crippen LogP contribution in [0.15, 0.2) is 0 Å². The Balaban J connectivity index is 2.49. The zero-order valence-electron chi connectivity index (χ0n) is 11.5. The Morgan fingerprint density at radius 3 is 2.26 bits per heavy atom. The molecule has 1 aliphatic carbocycles. The fourth-order valence-corrected chi connectivity index (χ4v) is 3.02. The average Bonchev–Trinajstić information content (AvgIpc) is 2.40. The van der Waals surface area contributed by atoms with E-state index < -0.39 is 12.0 Å². The van der Waals surface area contributed by atoms with Gasteiger partial charge in [0.25, 0.3) is 0 Å². The van der Waals surface area contributed by atoms with Crippen LogP contribution in [0.1, 0.15) is 40.7 Å². The monoisotopic (exact) mass is 263 g/mol. The van der Waals surface area contributed by atoms with Crippen molar-refractivity contribution in [3.63, 3.8) is 0 Å². The third kappa shape index (κ3) is 2.45. The number of fused-ring (bicyclic) bond motifs is 1. The lowest BCUT2D eigenvalue weighted by Crippen LogP contribution is -2.32. The number of carboxylic acids is 1. The third-order valence-corrected chi connectivity index (χ3v) is 4.21. The van der Waals surface area contributed by atoms with E-state index in [1.165, 1.54) is 11.1 Å². The minimum Gasteiger partial charge on any atom is -0.507 e. The first kappa shape index (κ1) is 13.9. The summed E-state index contributed by atoms with van der Waals surface area (Å²) in [5.41, 5.74) is 10.8. The van der Waals surface area contributed by atoms with Gasteiger partial charge < -0.3 is 15.9 Å². The molecule has 2 rings (SSSR count). The second-order valence-electron chi connectivity index (χ2n) is 5.39. The van der Waals surface area contributed by atoms with Crippen molar-refractivity contribution >= 4 is 5.97 Å². The van der Waals surface area contributed by atoms with Gasteiger partial charge in [-0.25, -0.2) is 0 Å². The zero-order valence-corrected chi connectivity index (χ0v) is 11.5. The van der Waals surface area contributed by atoms with Gasteiger partial charge in [0.1, 0.15) is 11.8 Å². The van der Waals surface area contributed by atoms with E-state index in [4.69, 9.17) is 10.8 Å². The first-order chi connectivity index (χ1) is 8.93. The van der Waals surface area contributed by atoms with Crippen LogP contribution < -0.4 is 5.73 Å². The highest BCUT2D eigenvalue weighted by Gasteiger charge is 2.23. The van der Waals surface area contributed by atoms with Crippen LogP contribution in [-0.4, -0.2) is 22.2 Å². The van der Waals surface area contributed by atoms with E-state index in [0.29, 0.717) is 5.56 Å². The molecule has 0 amide bonds. The fourth-order valence-electron chi connectivity index (χ4n) is 3.02. The molecule has 1 aromatic carbocycles. The van der Waals surface area contributed by atoms with Crippen molar-refractivity contribution in [3.8, 4) is 5.75 Å². The number of aliphatic carboxylic acids is 1. The van der Waals surface area contributed by atoms with Gasteiger partial charge in [0, 0.05) is 6.42 Å². The van der Waals surface area contributed by atoms with Gasteiger partial charge >= 0.3 is 5.97 Å². The van der Waals surface area contributed by atoms with Crippen LogP contribution >= 0.6 is 0 Å². The Bertz CT molecular complexity index is 523. The molecule has 0 fully saturated rings. The van der Waals surface area contributed by atoms with Crippen molar-refractivity contribution in [1.82, 2.24) is 0 Å². The normalized spacial score (nSPS) is 15.9. The molecule has 19 heavy (non-hydrogen) atoms. The summed E-state index contributed by atoms with van der Waals surface area (Å²) in [7, 11) is 0. The van der Waals surface area contributed by atoms with Gasteiger partial charge in [-0.15, -0.1) is 0 Å². The SMILES string of the molecule is Cc1c(O)c(CC(N)C(=O)O)c(C)c2c1CCCC2. The lowest BCUT2D eigenvalue weighted by molar-refractivity contribution is -0.138. The molecule has 104 valence electrons. The van der Waals surface area contributed by atoms with E-state index in [0.717, 1.165) is 36.8 Å². The number of hydrogen-bond donors (Lipinski definition) is 3. The number of phenolic OH excluding ortho intramolecular Hbond substituents is 1. The first-order valence-corrected chi connectivity index (χ1v) is 6.74. The van der Waals surface area contributed by atoms with E-state index >= 15 is 0 Å². The van der Waals surface area contributed by atoms with E-state index in [1.807, 2.05) is 13.8 Å². The molecule has 0 aliphatic heterocycles. The molecule has 4 N–H and O–H groups in total. The molecule has 1 unspecified atom stereocenters. The average molecular weight is 263 g/mol. The number of nitrogens with two attached hydrogens (primary N) is 1. The lowest BCUT2D eigenvalue weighted by atomic mass is 9.82. The second kappa shape index (κ2) is 5.21. The first-order valence-electron chi connectivity index (χ1n) is 6.74. The Labute approximate surface area is 113 Å². The van der Waals surface area contributed by atoms with Crippen molar-refractivity contribution in [2.24, 2.45) is 5.73 Å². The molecule has 0 spiro atoms. The van der Waals surface area contributed by atoms with Crippen LogP contribution in [0.25, 0.3) is 0 Å². The Kier molecular flexibility index (Phi) is 3.80. The van der Waals surface area contributed by atoms with E-state index in [1.54, 1.807) is 0 Å². The minimum absolute atomic E-state index is 0.182. The maximum Gasteiger partial charge on any atom is 0.320 e. The standard InChI is InChI=1S/C15H21NO3/c1-8-10-5-3-4-6-11(10)9(2)14(17)12(8)7-13(16)15(18)19/h13,17H,3-7,16H2,1-2H3,(H,18,19). The third-order valence-electron chi connectivity index (χ3n) is 4.21. The number of hydrogen-bond acceptors (Lipinski definition) is 3. The predicted molar refractivity (Wildman–Crippen MR) is 73.5 cm³/mol. The molecule has 0 saturated carbocycles. The summed E-state index contributed by atoms with van der Waals surface area (Å²) in [6, 6.07) is -0.967. The minimum atomic E-state index is -1.03. The van der Waals surface area contributed by atoms with Crippen LogP contribution in [0.4, 0.5) is 0 Å². The summed E-state index contributed by atoms with van der Waals surface area (Å²) >= 11 is 0. The molecular formula is C15H21NO3. The van der Waals surface area contributed by atoms with Crippen molar-refractivity contribution in [3.05, 3.63) is 27.8 Å². The molecule has 4 heteroatoms. The zero-order chi connectivity index (χ0) is 14.2. The topological polar surface area (TPSA) is 83.5 Å². The number of phenols is 1. The van der Waals surface area contributed by atoms with E-state index in [9.17, 15) is 9.90 Å². The number of carboxylic acid groups (broad SMARTS) is 1. The van der Waals surface area contributed by atoms with Gasteiger partial charge in [-0.1, -0.05) is 0 Å². The highest BCUT2D eigenvalue weighted by molar-refractivity contribution is 5.74. The molecule has 0 bridgehead atoms. The van der Waals surface area contributed by atoms with Crippen molar-refractivity contribution < 1.29 is 15.0 Å². The van der Waals surface area contributed by atoms with E-state index in [2.05, 4.69) is 0 Å². The number of rotatable bonds is 3. The predicted octanol–water partition coefficient (Wildman–Crippen LogP) is 1.84. The number of benzene rings is 1. The molecule has 1 atom stereocenters. The summed E-state index contributed by atoms with van der Waals surface area (Å²) in [5, 5.41) is 19.2. The summed E-state index contributed by atoms with van der Waals surface area (Å²) in [5.74, 6) is -0.802. The highest BCUT2D eigenvalue weighted by atomic mass is 16.4. The summed E-state index contributed by atoms with van der Waals surface area (Å²) in [4.78, 5) is 10.9. The van der Waals surface area contributed by atoms with Crippen molar-refractivity contribution in [1.29, 1.82) is 0 Å². The van der Waals surface area contributed by atoms with Crippen LogP contribution in [0.5, 0.6) is 5.75 Å². The highest BCUT2D eigenvalue weighted by Crippen LogP contribution is 2.37. The molecule has 1 aliphatic rings. The molecule has 0 aromatic heterocycles. The summed E-state index contributed by atoms with van der Waals surface area (Å²) in [6.07, 6.45) is 4.50. The second-order valence-corrected chi connectivity index (χ2v) is 5.39. The van der Waals surface area contributed by atoms with Gasteiger partial charge in [-0.05, 0) is 67.3 Å². The fraction of sp³-hybridized carbons (Fsp3) is 0.533. The number of aromatic hydroxyl groups is 1. The van der Waals surface area contributed by atoms with Gasteiger partial charge in [-0.3, -0.25) is 4.79 Å². The molecule has 0 radical (unpaired) electrons. The Morgan fingerprint density at radius 2 is 1.74 bits per heavy atom. The van der Waals surface area contributed by atoms with Crippen LogP contribution in [-0.2, 0) is 24.1 Å². The van der Waals surface area contributed by atoms with Crippen molar-refractivity contribution in [2.45, 2.75) is 52.0 Å². The molecule has 1 aromatic rings. The molecule has 4 nitrogen and oxygen atoms in total. The number of carbonyl (C=O) groups is 1. The quantitative estimate of drug-likeness (QED) is 0.777. The van der Waals surface area contributed by atoms with E-state index in [-0.39, 0.29) is 12.2 Å². The molecular weight excluding hydrogens is 242 g/mol. The van der Waals surface area contributed by atoms with Gasteiger partial charge in [-0.2, -0.15) is 0 Å². The Morgan fingerprint density at radius 1 is 1.21 bits per heavy atom. The summed E-state index contributed by atoms with van der Waals surface area (Å²) < 4.78 is 0. The van der Waals surface area contributed by atoms with Crippen molar-refractivity contribution in [2.75, 3.05) is 0 Å². The van der Waals surface area contributed by atoms with Gasteiger partial charge in [0.15, 0.2) is 0 Å². The molecule has 0 saturated heterocycles. The smallest absolute Gasteiger partial charge is 0.320 e.